The second-order valence-corrected chi connectivity index (χ2v) is 5.28. The van der Waals surface area contributed by atoms with E-state index >= 15 is 0 Å². The Kier molecular flexibility index (Phi) is 7.63. The van der Waals surface area contributed by atoms with Crippen LogP contribution in [0.15, 0.2) is 0 Å². The van der Waals surface area contributed by atoms with Gasteiger partial charge in [0.2, 0.25) is 6.29 Å². The van der Waals surface area contributed by atoms with Crippen molar-refractivity contribution < 1.29 is 29.3 Å². The molecule has 0 saturated heterocycles. The van der Waals surface area contributed by atoms with Crippen molar-refractivity contribution in [2.45, 2.75) is 58.8 Å². The van der Waals surface area contributed by atoms with Crippen LogP contribution in [0.4, 0.5) is 0 Å². The van der Waals surface area contributed by atoms with Gasteiger partial charge in [-0.25, -0.2) is 0 Å². The number of hydrogen-bond donors (Lipinski definition) is 2. The third-order valence-electron chi connectivity index (χ3n) is 2.18. The van der Waals surface area contributed by atoms with Crippen LogP contribution in [-0.4, -0.2) is 40.6 Å². The summed E-state index contributed by atoms with van der Waals surface area (Å²) in [6, 6.07) is 0. The summed E-state index contributed by atoms with van der Waals surface area (Å²) in [7, 11) is 0. The molecule has 112 valence electrons. The lowest BCUT2D eigenvalue weighted by atomic mass is 10.0. The average molecular weight is 276 g/mol. The van der Waals surface area contributed by atoms with Crippen LogP contribution < -0.4 is 0 Å². The fourth-order valence-electron chi connectivity index (χ4n) is 1.38. The highest BCUT2D eigenvalue weighted by molar-refractivity contribution is 5.95. The summed E-state index contributed by atoms with van der Waals surface area (Å²) in [5, 5.41) is 17.9. The second kappa shape index (κ2) is 8.12. The van der Waals surface area contributed by atoms with Crippen molar-refractivity contribution in [3.05, 3.63) is 0 Å². The average Bonchev–Trinajstić information content (AvgIpc) is 2.23. The van der Waals surface area contributed by atoms with Gasteiger partial charge in [-0.05, 0) is 27.2 Å². The Morgan fingerprint density at radius 1 is 1.16 bits per heavy atom. The number of ether oxygens (including phenoxy) is 2. The van der Waals surface area contributed by atoms with Gasteiger partial charge in [-0.15, -0.1) is 0 Å². The summed E-state index contributed by atoms with van der Waals surface area (Å²) >= 11 is 0. The maximum absolute atomic E-state index is 11.9. The smallest absolute Gasteiger partial charge is 0.322 e. The molecule has 2 N–H and O–H groups in total. The Bertz CT molecular complexity index is 294. The van der Waals surface area contributed by atoms with E-state index in [-0.39, 0.29) is 13.0 Å². The van der Waals surface area contributed by atoms with Crippen LogP contribution in [0.5, 0.6) is 0 Å². The fraction of sp³-hybridized carbons (Fsp3) is 0.846. The minimum atomic E-state index is -1.40. The van der Waals surface area contributed by atoms with E-state index in [1.807, 2.05) is 6.92 Å². The lowest BCUT2D eigenvalue weighted by Crippen LogP contribution is -2.35. The standard InChI is InChI=1S/C13H24O6/c1-5-6-9(12(17)19-13(2,3)4)11(16)18-10(15)7-8-14/h9-10,14-15H,5-8H2,1-4H3. The van der Waals surface area contributed by atoms with Crippen molar-refractivity contribution in [3.8, 4) is 0 Å². The Balaban J connectivity index is 4.62. The maximum Gasteiger partial charge on any atom is 0.322 e. The molecule has 0 aliphatic carbocycles. The minimum Gasteiger partial charge on any atom is -0.459 e. The van der Waals surface area contributed by atoms with Crippen LogP contribution in [0, 0.1) is 5.92 Å². The molecule has 2 unspecified atom stereocenters. The van der Waals surface area contributed by atoms with Crippen molar-refractivity contribution in [2.75, 3.05) is 6.61 Å². The van der Waals surface area contributed by atoms with Gasteiger partial charge in [0, 0.05) is 13.0 Å². The van der Waals surface area contributed by atoms with Crippen molar-refractivity contribution in [3.63, 3.8) is 0 Å². The van der Waals surface area contributed by atoms with Crippen molar-refractivity contribution in [1.82, 2.24) is 0 Å². The van der Waals surface area contributed by atoms with E-state index in [1.165, 1.54) is 0 Å². The topological polar surface area (TPSA) is 93.1 Å². The molecule has 0 aromatic carbocycles. The van der Waals surface area contributed by atoms with Crippen molar-refractivity contribution in [2.24, 2.45) is 5.92 Å². The molecule has 0 spiro atoms. The van der Waals surface area contributed by atoms with Crippen LogP contribution in [0.3, 0.4) is 0 Å². The maximum atomic E-state index is 11.9. The van der Waals surface area contributed by atoms with Gasteiger partial charge >= 0.3 is 11.9 Å². The molecule has 0 aromatic rings. The molecule has 0 aliphatic rings. The molecule has 0 rings (SSSR count). The molecule has 6 heteroatoms. The number of esters is 2. The molecular weight excluding hydrogens is 252 g/mol. The van der Waals surface area contributed by atoms with Gasteiger partial charge in [0.05, 0.1) is 0 Å². The first kappa shape index (κ1) is 17.9. The molecule has 6 nitrogen and oxygen atoms in total. The Hall–Kier alpha value is -1.14. The number of hydrogen-bond acceptors (Lipinski definition) is 6. The normalized spacial score (nSPS) is 14.6. The predicted molar refractivity (Wildman–Crippen MR) is 68.0 cm³/mol. The summed E-state index contributed by atoms with van der Waals surface area (Å²) < 4.78 is 9.84. The Morgan fingerprint density at radius 2 is 1.74 bits per heavy atom. The van der Waals surface area contributed by atoms with E-state index in [0.29, 0.717) is 12.8 Å². The number of aliphatic hydroxyl groups is 2. The van der Waals surface area contributed by atoms with Gasteiger partial charge < -0.3 is 19.7 Å². The van der Waals surface area contributed by atoms with Crippen LogP contribution in [0.1, 0.15) is 47.0 Å². The zero-order chi connectivity index (χ0) is 15.1. The SMILES string of the molecule is CCCC(C(=O)OC(O)CCO)C(=O)OC(C)(C)C. The highest BCUT2D eigenvalue weighted by Gasteiger charge is 2.32. The van der Waals surface area contributed by atoms with E-state index in [2.05, 4.69) is 0 Å². The molecule has 0 aromatic heterocycles. The lowest BCUT2D eigenvalue weighted by molar-refractivity contribution is -0.183. The molecule has 0 saturated carbocycles. The molecule has 0 heterocycles. The van der Waals surface area contributed by atoms with Gasteiger partial charge in [0.15, 0.2) is 5.92 Å². The lowest BCUT2D eigenvalue weighted by Gasteiger charge is -2.23. The van der Waals surface area contributed by atoms with Crippen molar-refractivity contribution >= 4 is 11.9 Å². The molecule has 2 atom stereocenters. The highest BCUT2D eigenvalue weighted by Crippen LogP contribution is 2.17. The van der Waals surface area contributed by atoms with E-state index in [4.69, 9.17) is 14.6 Å². The Labute approximate surface area is 113 Å². The largest absolute Gasteiger partial charge is 0.459 e. The van der Waals surface area contributed by atoms with Crippen LogP contribution in [-0.2, 0) is 19.1 Å². The van der Waals surface area contributed by atoms with E-state index in [1.54, 1.807) is 20.8 Å². The first-order chi connectivity index (χ1) is 8.71. The summed E-state index contributed by atoms with van der Waals surface area (Å²) in [6.45, 7) is 6.65. The van der Waals surface area contributed by atoms with Crippen molar-refractivity contribution in [1.29, 1.82) is 0 Å². The first-order valence-electron chi connectivity index (χ1n) is 6.43. The molecule has 0 radical (unpaired) electrons. The highest BCUT2D eigenvalue weighted by atomic mass is 16.6. The second-order valence-electron chi connectivity index (χ2n) is 5.28. The van der Waals surface area contributed by atoms with Gasteiger partial charge in [0.25, 0.3) is 0 Å². The van der Waals surface area contributed by atoms with Gasteiger partial charge in [0.1, 0.15) is 5.60 Å². The summed E-state index contributed by atoms with van der Waals surface area (Å²) in [5.41, 5.74) is -0.687. The zero-order valence-electron chi connectivity index (χ0n) is 12.0. The third kappa shape index (κ3) is 7.79. The zero-order valence-corrected chi connectivity index (χ0v) is 12.0. The third-order valence-corrected chi connectivity index (χ3v) is 2.18. The number of rotatable bonds is 7. The van der Waals surface area contributed by atoms with E-state index < -0.39 is 29.7 Å². The predicted octanol–water partition coefficient (Wildman–Crippen LogP) is 0.988. The quantitative estimate of drug-likeness (QED) is 0.409. The fourth-order valence-corrected chi connectivity index (χ4v) is 1.38. The minimum absolute atomic E-state index is 0.0844. The van der Waals surface area contributed by atoms with Crippen LogP contribution in [0.25, 0.3) is 0 Å². The molecule has 19 heavy (non-hydrogen) atoms. The molecule has 0 fully saturated rings. The number of aliphatic hydroxyl groups excluding tert-OH is 2. The molecule has 0 bridgehead atoms. The molecule has 0 aliphatic heterocycles. The van der Waals surface area contributed by atoms with Crippen LogP contribution >= 0.6 is 0 Å². The Morgan fingerprint density at radius 3 is 2.16 bits per heavy atom. The van der Waals surface area contributed by atoms with Gasteiger partial charge in [-0.2, -0.15) is 0 Å². The first-order valence-corrected chi connectivity index (χ1v) is 6.43. The van der Waals surface area contributed by atoms with Gasteiger partial charge in [-0.1, -0.05) is 13.3 Å². The van der Waals surface area contributed by atoms with E-state index in [0.717, 1.165) is 0 Å². The number of carbonyl (C=O) groups is 2. The number of carbonyl (C=O) groups excluding carboxylic acids is 2. The molecule has 0 amide bonds. The van der Waals surface area contributed by atoms with E-state index in [9.17, 15) is 14.7 Å². The molecular formula is C13H24O6. The summed E-state index contributed by atoms with van der Waals surface area (Å²) in [4.78, 5) is 23.7. The van der Waals surface area contributed by atoms with Crippen LogP contribution in [0.2, 0.25) is 0 Å². The van der Waals surface area contributed by atoms with Gasteiger partial charge in [-0.3, -0.25) is 9.59 Å². The summed E-state index contributed by atoms with van der Waals surface area (Å²) in [6.07, 6.45) is -0.590. The summed E-state index contributed by atoms with van der Waals surface area (Å²) in [5.74, 6) is -2.52. The monoisotopic (exact) mass is 276 g/mol.